The van der Waals surface area contributed by atoms with Crippen molar-refractivity contribution in [2.24, 2.45) is 0 Å². The fourth-order valence-corrected chi connectivity index (χ4v) is 5.26. The monoisotopic (exact) mass is 479 g/mol. The van der Waals surface area contributed by atoms with E-state index in [1.165, 1.54) is 9.13 Å². The molecule has 0 spiro atoms. The van der Waals surface area contributed by atoms with Crippen LogP contribution in [0.25, 0.3) is 22.3 Å². The van der Waals surface area contributed by atoms with Crippen molar-refractivity contribution in [3.8, 4) is 17.3 Å². The molecular formula is C29H27N4O3+. The first-order valence-corrected chi connectivity index (χ1v) is 12.1. The van der Waals surface area contributed by atoms with Gasteiger partial charge in [0.1, 0.15) is 5.56 Å². The lowest BCUT2D eigenvalue weighted by atomic mass is 9.95. The topological polar surface area (TPSA) is 96.6 Å². The van der Waals surface area contributed by atoms with Crippen molar-refractivity contribution in [1.82, 2.24) is 14.1 Å². The van der Waals surface area contributed by atoms with Gasteiger partial charge in [-0.05, 0) is 49.7 Å². The number of aromatic nitrogens is 3. The van der Waals surface area contributed by atoms with E-state index in [0.717, 1.165) is 46.3 Å². The zero-order valence-corrected chi connectivity index (χ0v) is 20.2. The first-order valence-electron chi connectivity index (χ1n) is 12.1. The summed E-state index contributed by atoms with van der Waals surface area (Å²) < 4.78 is 2.40. The van der Waals surface area contributed by atoms with Crippen LogP contribution in [0.4, 0.5) is 0 Å². The van der Waals surface area contributed by atoms with Crippen molar-refractivity contribution < 1.29 is 10.4 Å². The van der Waals surface area contributed by atoms with Crippen molar-refractivity contribution in [2.75, 3.05) is 6.54 Å². The zero-order valence-electron chi connectivity index (χ0n) is 20.2. The number of benzene rings is 3. The second kappa shape index (κ2) is 8.39. The molecule has 2 aromatic heterocycles. The van der Waals surface area contributed by atoms with Gasteiger partial charge in [0, 0.05) is 17.3 Å². The third-order valence-electron chi connectivity index (χ3n) is 7.12. The highest BCUT2D eigenvalue weighted by Gasteiger charge is 2.35. The molecule has 1 aliphatic heterocycles. The standard InChI is InChI=1S/C29H26N4O3/c1-17-7-11-19(12-8-17)32-27(34)24(28(35)33(29(32)36)20-13-9-18(2)10-14-20)26-25-22(15-16-30-26)21-5-3-4-6-23(21)31-25/h3-14,26,30-31,34H,15-16H2,1-2H3/p+1/t26-/m1/s1. The van der Waals surface area contributed by atoms with Crippen molar-refractivity contribution in [3.63, 3.8) is 0 Å². The first kappa shape index (κ1) is 22.1. The number of nitrogens with two attached hydrogens (primary N) is 1. The van der Waals surface area contributed by atoms with Crippen LogP contribution in [-0.4, -0.2) is 25.8 Å². The number of aromatic amines is 1. The fourth-order valence-electron chi connectivity index (χ4n) is 5.26. The summed E-state index contributed by atoms with van der Waals surface area (Å²) >= 11 is 0. The quantitative estimate of drug-likeness (QED) is 0.371. The van der Waals surface area contributed by atoms with E-state index in [4.69, 9.17) is 0 Å². The molecule has 0 bridgehead atoms. The Morgan fingerprint density at radius 2 is 1.47 bits per heavy atom. The number of fused-ring (bicyclic) bond motifs is 3. The van der Waals surface area contributed by atoms with E-state index in [0.29, 0.717) is 11.4 Å². The number of aryl methyl sites for hydroxylation is 2. The summed E-state index contributed by atoms with van der Waals surface area (Å²) in [5.74, 6) is -0.329. The predicted molar refractivity (Wildman–Crippen MR) is 139 cm³/mol. The number of quaternary nitrogens is 1. The summed E-state index contributed by atoms with van der Waals surface area (Å²) in [4.78, 5) is 31.3. The van der Waals surface area contributed by atoms with E-state index in [1.54, 1.807) is 24.3 Å². The molecule has 0 fully saturated rings. The summed E-state index contributed by atoms with van der Waals surface area (Å²) in [6, 6.07) is 22.2. The van der Waals surface area contributed by atoms with Gasteiger partial charge in [0.05, 0.1) is 23.6 Å². The van der Waals surface area contributed by atoms with Crippen LogP contribution in [0.15, 0.2) is 82.4 Å². The van der Waals surface area contributed by atoms with Crippen molar-refractivity contribution in [1.29, 1.82) is 0 Å². The molecule has 0 unspecified atom stereocenters. The van der Waals surface area contributed by atoms with Gasteiger partial charge < -0.3 is 15.4 Å². The largest absolute Gasteiger partial charge is 0.494 e. The molecule has 6 rings (SSSR count). The van der Waals surface area contributed by atoms with E-state index in [-0.39, 0.29) is 11.4 Å². The minimum absolute atomic E-state index is 0.184. The molecule has 3 heterocycles. The summed E-state index contributed by atoms with van der Waals surface area (Å²) in [7, 11) is 0. The minimum Gasteiger partial charge on any atom is -0.494 e. The summed E-state index contributed by atoms with van der Waals surface area (Å²) in [6.45, 7) is 4.67. The van der Waals surface area contributed by atoms with Crippen LogP contribution >= 0.6 is 0 Å². The Kier molecular flexibility index (Phi) is 5.16. The van der Waals surface area contributed by atoms with Gasteiger partial charge in [-0.1, -0.05) is 53.6 Å². The van der Waals surface area contributed by atoms with E-state index in [1.807, 2.05) is 56.3 Å². The summed E-state index contributed by atoms with van der Waals surface area (Å²) in [5.41, 5.74) is 5.10. The van der Waals surface area contributed by atoms with Gasteiger partial charge in [0.25, 0.3) is 5.56 Å². The van der Waals surface area contributed by atoms with E-state index in [9.17, 15) is 14.7 Å². The third-order valence-corrected chi connectivity index (χ3v) is 7.12. The number of para-hydroxylation sites is 1. The maximum atomic E-state index is 14.0. The van der Waals surface area contributed by atoms with Crippen LogP contribution in [0.1, 0.15) is 34.0 Å². The fraction of sp³-hybridized carbons (Fsp3) is 0.172. The Hall–Kier alpha value is -4.36. The Morgan fingerprint density at radius 3 is 2.14 bits per heavy atom. The average molecular weight is 480 g/mol. The molecule has 5 aromatic rings. The van der Waals surface area contributed by atoms with Crippen LogP contribution in [0.5, 0.6) is 5.88 Å². The number of H-pyrrole nitrogens is 1. The van der Waals surface area contributed by atoms with Crippen LogP contribution in [-0.2, 0) is 6.42 Å². The molecule has 4 N–H and O–H groups in total. The van der Waals surface area contributed by atoms with Gasteiger partial charge in [-0.25, -0.2) is 13.9 Å². The molecule has 0 saturated carbocycles. The van der Waals surface area contributed by atoms with E-state index >= 15 is 0 Å². The van der Waals surface area contributed by atoms with Crippen LogP contribution in [0.2, 0.25) is 0 Å². The molecule has 0 aliphatic carbocycles. The normalized spacial score (nSPS) is 15.2. The van der Waals surface area contributed by atoms with Crippen LogP contribution < -0.4 is 16.6 Å². The van der Waals surface area contributed by atoms with Crippen molar-refractivity contribution in [2.45, 2.75) is 26.3 Å². The second-order valence-corrected chi connectivity index (χ2v) is 9.48. The molecule has 3 aromatic carbocycles. The Bertz CT molecular complexity index is 1720. The maximum absolute atomic E-state index is 14.0. The number of aromatic hydroxyl groups is 1. The molecule has 1 atom stereocenters. The van der Waals surface area contributed by atoms with E-state index < -0.39 is 17.3 Å². The molecule has 0 radical (unpaired) electrons. The molecule has 0 amide bonds. The smallest absolute Gasteiger partial charge is 0.343 e. The van der Waals surface area contributed by atoms with Gasteiger partial charge in [-0.15, -0.1) is 0 Å². The predicted octanol–water partition coefficient (Wildman–Crippen LogP) is 3.00. The number of nitrogens with one attached hydrogen (secondary N) is 1. The number of hydrogen-bond acceptors (Lipinski definition) is 3. The molecular weight excluding hydrogens is 452 g/mol. The maximum Gasteiger partial charge on any atom is 0.343 e. The molecule has 7 heteroatoms. The van der Waals surface area contributed by atoms with Crippen LogP contribution in [0.3, 0.4) is 0 Å². The van der Waals surface area contributed by atoms with Gasteiger partial charge >= 0.3 is 5.69 Å². The van der Waals surface area contributed by atoms with Crippen molar-refractivity contribution >= 4 is 10.9 Å². The SMILES string of the molecule is Cc1ccc(-n2c(O)c([C@H]3[NH2+]CCc4c3[nH]c3ccccc43)c(=O)n(-c3ccc(C)cc3)c2=O)cc1. The van der Waals surface area contributed by atoms with Crippen molar-refractivity contribution in [3.05, 3.63) is 122 Å². The van der Waals surface area contributed by atoms with Crippen LogP contribution in [0, 0.1) is 13.8 Å². The average Bonchev–Trinajstić information content (AvgIpc) is 3.26. The second-order valence-electron chi connectivity index (χ2n) is 9.48. The highest BCUT2D eigenvalue weighted by molar-refractivity contribution is 5.85. The van der Waals surface area contributed by atoms with Gasteiger partial charge in [0.2, 0.25) is 5.88 Å². The first-order chi connectivity index (χ1) is 17.4. The summed E-state index contributed by atoms with van der Waals surface area (Å²) in [5, 5.41) is 14.7. The lowest BCUT2D eigenvalue weighted by Crippen LogP contribution is -2.88. The van der Waals surface area contributed by atoms with Gasteiger partial charge in [0.15, 0.2) is 6.04 Å². The molecule has 0 saturated heterocycles. The lowest BCUT2D eigenvalue weighted by Gasteiger charge is -2.24. The van der Waals surface area contributed by atoms with E-state index in [2.05, 4.69) is 16.4 Å². The molecule has 180 valence electrons. The highest BCUT2D eigenvalue weighted by Crippen LogP contribution is 2.33. The Morgan fingerprint density at radius 1 is 0.861 bits per heavy atom. The Balaban J connectivity index is 1.67. The van der Waals surface area contributed by atoms with Gasteiger partial charge in [-0.3, -0.25) is 4.79 Å². The lowest BCUT2D eigenvalue weighted by molar-refractivity contribution is -0.690. The molecule has 36 heavy (non-hydrogen) atoms. The molecule has 7 nitrogen and oxygen atoms in total. The highest BCUT2D eigenvalue weighted by atomic mass is 16.3. The van der Waals surface area contributed by atoms with Gasteiger partial charge in [-0.2, -0.15) is 0 Å². The zero-order chi connectivity index (χ0) is 25.0. The Labute approximate surface area is 207 Å². The minimum atomic E-state index is -0.610. The molecule has 1 aliphatic rings. The number of rotatable bonds is 3. The number of hydrogen-bond donors (Lipinski definition) is 3. The third kappa shape index (κ3) is 3.39. The number of nitrogens with zero attached hydrogens (tertiary/aromatic N) is 2. The summed E-state index contributed by atoms with van der Waals surface area (Å²) in [6.07, 6.45) is 0.848.